The van der Waals surface area contributed by atoms with Crippen molar-refractivity contribution < 1.29 is 9.42 Å². The fourth-order valence-corrected chi connectivity index (χ4v) is 2.71. The predicted octanol–water partition coefficient (Wildman–Crippen LogP) is 4.51. The van der Waals surface area contributed by atoms with Crippen LogP contribution in [0, 0.1) is 0 Å². The van der Waals surface area contributed by atoms with Crippen molar-refractivity contribution in [3.63, 3.8) is 0 Å². The fourth-order valence-electron chi connectivity index (χ4n) is 2.71. The molecule has 0 spiro atoms. The molecule has 26 heavy (non-hydrogen) atoms. The van der Waals surface area contributed by atoms with Crippen molar-refractivity contribution in [3.8, 4) is 11.3 Å². The zero-order valence-corrected chi connectivity index (χ0v) is 14.9. The summed E-state index contributed by atoms with van der Waals surface area (Å²) in [5, 5.41) is 10.6. The maximum atomic E-state index is 12.2. The number of nitrogens with zero attached hydrogens (tertiary/aromatic N) is 2. The van der Waals surface area contributed by atoms with Crippen molar-refractivity contribution in [3.05, 3.63) is 71.3 Å². The molecule has 0 aliphatic carbocycles. The Morgan fingerprint density at radius 3 is 2.62 bits per heavy atom. The number of aryl methyl sites for hydroxylation is 2. The molecule has 1 N–H and O–H groups in total. The largest absolute Gasteiger partial charge is 0.302 e. The average Bonchev–Trinajstić information content (AvgIpc) is 3.14. The number of aromatic nitrogens is 2. The van der Waals surface area contributed by atoms with Gasteiger partial charge in [0, 0.05) is 11.6 Å². The standard InChI is InChI=1S/C21H21N3O2/c1-3-15-10-12-17(4-2)18(14-15)20-21(24-26-23-20)22-19(25)13-11-16-8-6-5-7-9-16/h5-14H,3-4H2,1-2H3,(H,22,24,25)/b13-11+. The second kappa shape index (κ2) is 8.25. The highest BCUT2D eigenvalue weighted by Gasteiger charge is 2.17. The van der Waals surface area contributed by atoms with Crippen molar-refractivity contribution >= 4 is 17.8 Å². The van der Waals surface area contributed by atoms with Crippen LogP contribution in [0.2, 0.25) is 0 Å². The van der Waals surface area contributed by atoms with E-state index in [1.54, 1.807) is 6.08 Å². The molecule has 0 fully saturated rings. The quantitative estimate of drug-likeness (QED) is 0.666. The van der Waals surface area contributed by atoms with E-state index in [0.29, 0.717) is 11.5 Å². The van der Waals surface area contributed by atoms with E-state index in [-0.39, 0.29) is 5.91 Å². The highest BCUT2D eigenvalue weighted by atomic mass is 16.6. The number of carbonyl (C=O) groups is 1. The van der Waals surface area contributed by atoms with Crippen LogP contribution in [0.5, 0.6) is 0 Å². The molecule has 0 radical (unpaired) electrons. The highest BCUT2D eigenvalue weighted by molar-refractivity contribution is 6.03. The third-order valence-electron chi connectivity index (χ3n) is 4.18. The predicted molar refractivity (Wildman–Crippen MR) is 103 cm³/mol. The van der Waals surface area contributed by atoms with Crippen LogP contribution in [-0.2, 0) is 17.6 Å². The second-order valence-corrected chi connectivity index (χ2v) is 5.89. The first kappa shape index (κ1) is 17.6. The smallest absolute Gasteiger partial charge is 0.249 e. The first-order valence-electron chi connectivity index (χ1n) is 8.70. The Hall–Kier alpha value is -3.21. The molecule has 0 aliphatic heterocycles. The average molecular weight is 347 g/mol. The zero-order chi connectivity index (χ0) is 18.4. The number of hydrogen-bond acceptors (Lipinski definition) is 4. The minimum absolute atomic E-state index is 0.282. The van der Waals surface area contributed by atoms with E-state index in [0.717, 1.165) is 29.5 Å². The van der Waals surface area contributed by atoms with Crippen LogP contribution in [0.3, 0.4) is 0 Å². The Bertz CT molecular complexity index is 914. The summed E-state index contributed by atoms with van der Waals surface area (Å²) in [4.78, 5) is 12.2. The molecule has 1 amide bonds. The van der Waals surface area contributed by atoms with Gasteiger partial charge >= 0.3 is 0 Å². The lowest BCUT2D eigenvalue weighted by Gasteiger charge is -2.08. The van der Waals surface area contributed by atoms with Gasteiger partial charge in [-0.3, -0.25) is 4.79 Å². The second-order valence-electron chi connectivity index (χ2n) is 5.89. The summed E-state index contributed by atoms with van der Waals surface area (Å²) in [5.74, 6) is 0.0474. The summed E-state index contributed by atoms with van der Waals surface area (Å²) in [6.45, 7) is 4.18. The summed E-state index contributed by atoms with van der Waals surface area (Å²) < 4.78 is 4.90. The molecule has 132 valence electrons. The van der Waals surface area contributed by atoms with Gasteiger partial charge in [-0.25, -0.2) is 4.63 Å². The molecule has 0 aliphatic rings. The summed E-state index contributed by atoms with van der Waals surface area (Å²) >= 11 is 0. The third-order valence-corrected chi connectivity index (χ3v) is 4.18. The molecule has 0 unspecified atom stereocenters. The molecule has 1 heterocycles. The Morgan fingerprint density at radius 2 is 1.88 bits per heavy atom. The van der Waals surface area contributed by atoms with Crippen LogP contribution < -0.4 is 5.32 Å². The molecule has 5 nitrogen and oxygen atoms in total. The van der Waals surface area contributed by atoms with E-state index >= 15 is 0 Å². The fraction of sp³-hybridized carbons (Fsp3) is 0.190. The van der Waals surface area contributed by atoms with Crippen molar-refractivity contribution in [2.45, 2.75) is 26.7 Å². The summed E-state index contributed by atoms with van der Waals surface area (Å²) in [6.07, 6.45) is 4.99. The minimum atomic E-state index is -0.282. The monoisotopic (exact) mass is 347 g/mol. The van der Waals surface area contributed by atoms with Crippen LogP contribution in [0.4, 0.5) is 5.82 Å². The maximum absolute atomic E-state index is 12.2. The van der Waals surface area contributed by atoms with E-state index < -0.39 is 0 Å². The van der Waals surface area contributed by atoms with Crippen molar-refractivity contribution in [1.82, 2.24) is 10.3 Å². The Kier molecular flexibility index (Phi) is 5.59. The van der Waals surface area contributed by atoms with Crippen LogP contribution in [-0.4, -0.2) is 16.2 Å². The molecule has 0 bridgehead atoms. The Balaban J connectivity index is 1.83. The number of amides is 1. The van der Waals surface area contributed by atoms with Gasteiger partial charge in [-0.1, -0.05) is 56.3 Å². The van der Waals surface area contributed by atoms with Crippen molar-refractivity contribution in [2.24, 2.45) is 0 Å². The minimum Gasteiger partial charge on any atom is -0.302 e. The van der Waals surface area contributed by atoms with Crippen LogP contribution in [0.25, 0.3) is 17.3 Å². The van der Waals surface area contributed by atoms with Crippen molar-refractivity contribution in [2.75, 3.05) is 5.32 Å². The molecule has 3 rings (SSSR count). The molecule has 5 heteroatoms. The van der Waals surface area contributed by atoms with Gasteiger partial charge in [0.2, 0.25) is 11.7 Å². The van der Waals surface area contributed by atoms with Gasteiger partial charge in [-0.05, 0) is 52.0 Å². The van der Waals surface area contributed by atoms with Gasteiger partial charge in [-0.15, -0.1) is 0 Å². The van der Waals surface area contributed by atoms with Crippen LogP contribution in [0.15, 0.2) is 59.2 Å². The van der Waals surface area contributed by atoms with Gasteiger partial charge in [0.15, 0.2) is 5.69 Å². The van der Waals surface area contributed by atoms with Crippen molar-refractivity contribution in [1.29, 1.82) is 0 Å². The molecular formula is C21H21N3O2. The lowest BCUT2D eigenvalue weighted by atomic mass is 9.98. The van der Waals surface area contributed by atoms with Gasteiger partial charge in [0.1, 0.15) is 0 Å². The van der Waals surface area contributed by atoms with Crippen LogP contribution >= 0.6 is 0 Å². The Morgan fingerprint density at radius 1 is 1.08 bits per heavy atom. The number of benzene rings is 2. The molecule has 0 atom stereocenters. The van der Waals surface area contributed by atoms with E-state index in [4.69, 9.17) is 4.63 Å². The Labute approximate surface area is 152 Å². The zero-order valence-electron chi connectivity index (χ0n) is 14.9. The number of anilines is 1. The molecular weight excluding hydrogens is 326 g/mol. The van der Waals surface area contributed by atoms with E-state index in [2.05, 4.69) is 47.7 Å². The number of nitrogens with one attached hydrogen (secondary N) is 1. The molecule has 1 aromatic heterocycles. The normalized spacial score (nSPS) is 11.0. The molecule has 0 saturated carbocycles. The van der Waals surface area contributed by atoms with Gasteiger partial charge in [-0.2, -0.15) is 0 Å². The van der Waals surface area contributed by atoms with Crippen LogP contribution in [0.1, 0.15) is 30.5 Å². The first-order valence-corrected chi connectivity index (χ1v) is 8.70. The molecule has 3 aromatic rings. The van der Waals surface area contributed by atoms with E-state index in [1.807, 2.05) is 30.3 Å². The lowest BCUT2D eigenvalue weighted by molar-refractivity contribution is -0.111. The SMILES string of the molecule is CCc1ccc(CC)c(-c2nonc2NC(=O)/C=C/c2ccccc2)c1. The van der Waals surface area contributed by atoms with E-state index in [9.17, 15) is 4.79 Å². The number of carbonyl (C=O) groups excluding carboxylic acids is 1. The number of hydrogen-bond donors (Lipinski definition) is 1. The summed E-state index contributed by atoms with van der Waals surface area (Å²) in [7, 11) is 0. The molecule has 2 aromatic carbocycles. The summed E-state index contributed by atoms with van der Waals surface area (Å²) in [5.41, 5.74) is 4.77. The van der Waals surface area contributed by atoms with Gasteiger partial charge < -0.3 is 5.32 Å². The summed E-state index contributed by atoms with van der Waals surface area (Å²) in [6, 6.07) is 15.9. The first-order chi connectivity index (χ1) is 12.7. The van der Waals surface area contributed by atoms with Gasteiger partial charge in [0.25, 0.3) is 0 Å². The lowest BCUT2D eigenvalue weighted by Crippen LogP contribution is -2.09. The maximum Gasteiger partial charge on any atom is 0.249 e. The van der Waals surface area contributed by atoms with Gasteiger partial charge in [0.05, 0.1) is 0 Å². The van der Waals surface area contributed by atoms with E-state index in [1.165, 1.54) is 11.6 Å². The third kappa shape index (κ3) is 4.06. The number of rotatable bonds is 6. The topological polar surface area (TPSA) is 68.0 Å². The highest BCUT2D eigenvalue weighted by Crippen LogP contribution is 2.29. The molecule has 0 saturated heterocycles.